The monoisotopic (exact) mass is 290 g/mol. The Morgan fingerprint density at radius 2 is 2.15 bits per heavy atom. The second-order valence-corrected chi connectivity index (χ2v) is 5.76. The van der Waals surface area contributed by atoms with Gasteiger partial charge in [0, 0.05) is 30.6 Å². The van der Waals surface area contributed by atoms with Crippen molar-refractivity contribution in [1.29, 1.82) is 0 Å². The molecule has 1 atom stereocenters. The van der Waals surface area contributed by atoms with Crippen LogP contribution in [0.25, 0.3) is 0 Å². The summed E-state index contributed by atoms with van der Waals surface area (Å²) >= 11 is 1.67. The number of hydrogen-bond donors (Lipinski definition) is 1. The number of thiazole rings is 1. The molecule has 1 N–H and O–H groups in total. The smallest absolute Gasteiger partial charge is 0.161 e. The van der Waals surface area contributed by atoms with Gasteiger partial charge in [0.1, 0.15) is 5.01 Å². The van der Waals surface area contributed by atoms with E-state index in [-0.39, 0.29) is 6.04 Å². The first-order valence-corrected chi connectivity index (χ1v) is 7.72. The van der Waals surface area contributed by atoms with Crippen LogP contribution in [0, 0.1) is 0 Å². The molecule has 4 nitrogen and oxygen atoms in total. The van der Waals surface area contributed by atoms with Gasteiger partial charge in [0.25, 0.3) is 0 Å². The van der Waals surface area contributed by atoms with Crippen LogP contribution in [0.4, 0.5) is 0 Å². The van der Waals surface area contributed by atoms with Crippen LogP contribution in [0.5, 0.6) is 11.5 Å². The molecule has 0 fully saturated rings. The molecule has 20 heavy (non-hydrogen) atoms. The van der Waals surface area contributed by atoms with Gasteiger partial charge in [0.05, 0.1) is 13.2 Å². The van der Waals surface area contributed by atoms with Gasteiger partial charge < -0.3 is 14.8 Å². The van der Waals surface area contributed by atoms with Crippen LogP contribution in [-0.2, 0) is 6.54 Å². The topological polar surface area (TPSA) is 43.4 Å². The molecule has 2 heterocycles. The minimum absolute atomic E-state index is 0.246. The van der Waals surface area contributed by atoms with E-state index >= 15 is 0 Å². The number of aromatic nitrogens is 1. The third-order valence-electron chi connectivity index (χ3n) is 3.31. The van der Waals surface area contributed by atoms with Gasteiger partial charge in [-0.05, 0) is 24.6 Å². The number of rotatable bonds is 4. The molecule has 1 aromatic heterocycles. The molecule has 2 aromatic rings. The fourth-order valence-electron chi connectivity index (χ4n) is 2.15. The summed E-state index contributed by atoms with van der Waals surface area (Å²) in [5.41, 5.74) is 1.20. The molecule has 1 unspecified atom stereocenters. The molecule has 0 amide bonds. The van der Waals surface area contributed by atoms with Crippen LogP contribution in [0.15, 0.2) is 29.8 Å². The van der Waals surface area contributed by atoms with Crippen molar-refractivity contribution in [1.82, 2.24) is 10.3 Å². The lowest BCUT2D eigenvalue weighted by molar-refractivity contribution is 0.297. The number of nitrogens with one attached hydrogen (secondary N) is 1. The highest BCUT2D eigenvalue weighted by molar-refractivity contribution is 7.09. The highest BCUT2D eigenvalue weighted by atomic mass is 32.1. The molecule has 0 saturated heterocycles. The first-order chi connectivity index (χ1) is 9.83. The van der Waals surface area contributed by atoms with Gasteiger partial charge >= 0.3 is 0 Å². The highest BCUT2D eigenvalue weighted by Crippen LogP contribution is 2.32. The van der Waals surface area contributed by atoms with Crippen LogP contribution in [0.2, 0.25) is 0 Å². The average molecular weight is 290 g/mol. The molecule has 106 valence electrons. The maximum absolute atomic E-state index is 5.73. The van der Waals surface area contributed by atoms with E-state index in [9.17, 15) is 0 Å². The number of benzene rings is 1. The summed E-state index contributed by atoms with van der Waals surface area (Å²) in [4.78, 5) is 4.28. The van der Waals surface area contributed by atoms with Crippen molar-refractivity contribution >= 4 is 11.3 Å². The van der Waals surface area contributed by atoms with Gasteiger partial charge in [-0.25, -0.2) is 4.98 Å². The number of ether oxygens (including phenoxy) is 2. The van der Waals surface area contributed by atoms with E-state index < -0.39 is 0 Å². The van der Waals surface area contributed by atoms with Gasteiger partial charge in [0.2, 0.25) is 0 Å². The lowest BCUT2D eigenvalue weighted by Gasteiger charge is -2.15. The minimum atomic E-state index is 0.246. The summed E-state index contributed by atoms with van der Waals surface area (Å²) in [6.07, 6.45) is 2.77. The van der Waals surface area contributed by atoms with Crippen molar-refractivity contribution in [2.24, 2.45) is 0 Å². The second-order valence-electron chi connectivity index (χ2n) is 4.79. The number of nitrogens with zero attached hydrogens (tertiary/aromatic N) is 1. The van der Waals surface area contributed by atoms with Crippen molar-refractivity contribution in [2.75, 3.05) is 13.2 Å². The molecule has 1 aromatic carbocycles. The summed E-state index contributed by atoms with van der Waals surface area (Å²) in [6, 6.07) is 6.40. The van der Waals surface area contributed by atoms with E-state index in [0.29, 0.717) is 0 Å². The molecule has 3 rings (SSSR count). The predicted molar refractivity (Wildman–Crippen MR) is 79.4 cm³/mol. The van der Waals surface area contributed by atoms with E-state index in [1.807, 2.05) is 17.6 Å². The van der Waals surface area contributed by atoms with Crippen molar-refractivity contribution in [3.63, 3.8) is 0 Å². The standard InChI is InChI=1S/C15H18N2O2S/c1-11(17-10-15-16-5-8-20-15)12-3-4-13-14(9-12)19-7-2-6-18-13/h3-5,8-9,11,17H,2,6-7,10H2,1H3. The first-order valence-electron chi connectivity index (χ1n) is 6.84. The Kier molecular flexibility index (Phi) is 4.18. The predicted octanol–water partition coefficient (Wildman–Crippen LogP) is 3.16. The van der Waals surface area contributed by atoms with Crippen LogP contribution in [-0.4, -0.2) is 18.2 Å². The zero-order chi connectivity index (χ0) is 13.8. The summed E-state index contributed by atoms with van der Waals surface area (Å²) in [7, 11) is 0. The molecule has 0 bridgehead atoms. The van der Waals surface area contributed by atoms with E-state index in [2.05, 4.69) is 29.4 Å². The molecule has 1 aliphatic heterocycles. The zero-order valence-corrected chi connectivity index (χ0v) is 12.3. The Morgan fingerprint density at radius 1 is 1.30 bits per heavy atom. The third-order valence-corrected chi connectivity index (χ3v) is 4.09. The molecule has 0 aliphatic carbocycles. The Balaban J connectivity index is 1.68. The van der Waals surface area contributed by atoms with Gasteiger partial charge in [0.15, 0.2) is 11.5 Å². The molecule has 5 heteroatoms. The quantitative estimate of drug-likeness (QED) is 0.939. The lowest BCUT2D eigenvalue weighted by atomic mass is 10.1. The Hall–Kier alpha value is -1.59. The first kappa shape index (κ1) is 13.4. The normalized spacial score (nSPS) is 15.7. The van der Waals surface area contributed by atoms with Crippen LogP contribution < -0.4 is 14.8 Å². The largest absolute Gasteiger partial charge is 0.490 e. The summed E-state index contributed by atoms with van der Waals surface area (Å²) in [5, 5.41) is 6.57. The maximum Gasteiger partial charge on any atom is 0.161 e. The number of fused-ring (bicyclic) bond motifs is 1. The highest BCUT2D eigenvalue weighted by Gasteiger charge is 2.13. The van der Waals surface area contributed by atoms with Gasteiger partial charge in [-0.15, -0.1) is 11.3 Å². The van der Waals surface area contributed by atoms with Gasteiger partial charge in [-0.3, -0.25) is 0 Å². The second kappa shape index (κ2) is 6.24. The summed E-state index contributed by atoms with van der Waals surface area (Å²) in [5.74, 6) is 1.70. The van der Waals surface area contributed by atoms with E-state index in [4.69, 9.17) is 9.47 Å². The summed E-state index contributed by atoms with van der Waals surface area (Å²) < 4.78 is 11.4. The maximum atomic E-state index is 5.73. The van der Waals surface area contributed by atoms with Crippen molar-refractivity contribution in [3.8, 4) is 11.5 Å². The molecule has 1 aliphatic rings. The van der Waals surface area contributed by atoms with Crippen LogP contribution in [0.1, 0.15) is 30.0 Å². The van der Waals surface area contributed by atoms with Gasteiger partial charge in [-0.2, -0.15) is 0 Å². The third kappa shape index (κ3) is 3.11. The Morgan fingerprint density at radius 3 is 2.95 bits per heavy atom. The number of hydrogen-bond acceptors (Lipinski definition) is 5. The fraction of sp³-hybridized carbons (Fsp3) is 0.400. The molecular formula is C15H18N2O2S. The van der Waals surface area contributed by atoms with E-state index in [1.165, 1.54) is 5.56 Å². The van der Waals surface area contributed by atoms with Crippen molar-refractivity contribution in [2.45, 2.75) is 25.9 Å². The molecule has 0 saturated carbocycles. The molecule has 0 radical (unpaired) electrons. The van der Waals surface area contributed by atoms with Gasteiger partial charge in [-0.1, -0.05) is 6.07 Å². The average Bonchev–Trinajstić information content (AvgIpc) is 2.88. The van der Waals surface area contributed by atoms with Crippen LogP contribution >= 0.6 is 11.3 Å². The molecule has 0 spiro atoms. The fourth-order valence-corrected chi connectivity index (χ4v) is 2.71. The van der Waals surface area contributed by atoms with Crippen LogP contribution in [0.3, 0.4) is 0 Å². The van der Waals surface area contributed by atoms with E-state index in [0.717, 1.165) is 42.7 Å². The zero-order valence-electron chi connectivity index (χ0n) is 11.5. The van der Waals surface area contributed by atoms with Crippen molar-refractivity contribution in [3.05, 3.63) is 40.3 Å². The lowest BCUT2D eigenvalue weighted by Crippen LogP contribution is -2.18. The van der Waals surface area contributed by atoms with E-state index in [1.54, 1.807) is 11.3 Å². The minimum Gasteiger partial charge on any atom is -0.490 e. The SMILES string of the molecule is CC(NCc1nccs1)c1ccc2c(c1)OCCCO2. The summed E-state index contributed by atoms with van der Waals surface area (Å²) in [6.45, 7) is 4.38. The molecular weight excluding hydrogens is 272 g/mol. The Bertz CT molecular complexity index is 557. The van der Waals surface area contributed by atoms with Crippen molar-refractivity contribution < 1.29 is 9.47 Å². The Labute approximate surface area is 122 Å².